The topological polar surface area (TPSA) is 82.0 Å². The largest absolute Gasteiger partial charge is 0.492 e. The van der Waals surface area contributed by atoms with Crippen molar-refractivity contribution >= 4 is 23.6 Å². The number of ether oxygens (including phenoxy) is 1. The fourth-order valence-electron chi connectivity index (χ4n) is 3.70. The highest BCUT2D eigenvalue weighted by molar-refractivity contribution is 6.30. The highest BCUT2D eigenvalue weighted by Crippen LogP contribution is 2.36. The molecule has 1 aliphatic carbocycles. The number of nitrogens with one attached hydrogen (secondary N) is 1. The molecule has 0 fully saturated rings. The van der Waals surface area contributed by atoms with Crippen LogP contribution in [0.5, 0.6) is 5.75 Å². The standard InChI is InChI=1S/C22H25ClN2O4/c23-18-2-1-3-19(15-18)29-13-11-25(10-12-26)21-8-6-17-14-16(4-7-20(17)21)5-9-22(27)24-28/h1-5,7,9,14-15,21,26,28H,6,8,10-13H2,(H,24,27). The molecule has 0 aliphatic heterocycles. The van der Waals surface area contributed by atoms with Crippen molar-refractivity contribution in [3.8, 4) is 5.75 Å². The summed E-state index contributed by atoms with van der Waals surface area (Å²) >= 11 is 5.99. The van der Waals surface area contributed by atoms with Gasteiger partial charge in [-0.05, 0) is 53.8 Å². The second kappa shape index (κ2) is 10.4. The van der Waals surface area contributed by atoms with Crippen LogP contribution in [0.2, 0.25) is 5.02 Å². The fourth-order valence-corrected chi connectivity index (χ4v) is 3.88. The lowest BCUT2D eigenvalue weighted by molar-refractivity contribution is -0.124. The Balaban J connectivity index is 1.65. The molecule has 0 aromatic heterocycles. The number of carbonyl (C=O) groups is 1. The summed E-state index contributed by atoms with van der Waals surface area (Å²) in [4.78, 5) is 13.4. The third-order valence-electron chi connectivity index (χ3n) is 5.02. The zero-order valence-electron chi connectivity index (χ0n) is 16.1. The normalized spacial score (nSPS) is 15.7. The van der Waals surface area contributed by atoms with E-state index in [0.717, 1.165) is 24.2 Å². The van der Waals surface area contributed by atoms with Gasteiger partial charge in [-0.15, -0.1) is 0 Å². The Bertz CT molecular complexity index is 872. The van der Waals surface area contributed by atoms with Crippen molar-refractivity contribution in [1.29, 1.82) is 0 Å². The van der Waals surface area contributed by atoms with E-state index in [-0.39, 0.29) is 12.6 Å². The van der Waals surface area contributed by atoms with Crippen LogP contribution in [0, 0.1) is 0 Å². The van der Waals surface area contributed by atoms with Crippen LogP contribution in [-0.4, -0.2) is 47.4 Å². The van der Waals surface area contributed by atoms with Crippen LogP contribution in [-0.2, 0) is 11.2 Å². The number of hydrogen-bond donors (Lipinski definition) is 3. The Morgan fingerprint density at radius 2 is 2.14 bits per heavy atom. The van der Waals surface area contributed by atoms with E-state index in [9.17, 15) is 9.90 Å². The van der Waals surface area contributed by atoms with Crippen molar-refractivity contribution in [1.82, 2.24) is 10.4 Å². The Hall–Kier alpha value is -2.38. The molecule has 6 nitrogen and oxygen atoms in total. The van der Waals surface area contributed by atoms with E-state index in [4.69, 9.17) is 21.5 Å². The Morgan fingerprint density at radius 3 is 2.90 bits per heavy atom. The number of aliphatic hydroxyl groups is 1. The lowest BCUT2D eigenvalue weighted by Gasteiger charge is -2.29. The molecule has 3 rings (SSSR count). The summed E-state index contributed by atoms with van der Waals surface area (Å²) in [5, 5.41) is 18.7. The van der Waals surface area contributed by atoms with Crippen LogP contribution in [0.15, 0.2) is 48.5 Å². The minimum atomic E-state index is -0.558. The Labute approximate surface area is 175 Å². The van der Waals surface area contributed by atoms with Gasteiger partial charge in [-0.2, -0.15) is 0 Å². The van der Waals surface area contributed by atoms with Crippen molar-refractivity contribution in [3.05, 3.63) is 70.3 Å². The van der Waals surface area contributed by atoms with Crippen molar-refractivity contribution in [2.24, 2.45) is 0 Å². The van der Waals surface area contributed by atoms with E-state index in [1.165, 1.54) is 17.2 Å². The molecule has 3 N–H and O–H groups in total. The SMILES string of the molecule is O=C(C=Cc1ccc2c(c1)CCC2N(CCO)CCOc1cccc(Cl)c1)NO. The highest BCUT2D eigenvalue weighted by atomic mass is 35.5. The van der Waals surface area contributed by atoms with Crippen LogP contribution in [0.1, 0.15) is 29.2 Å². The maximum absolute atomic E-state index is 11.2. The van der Waals surface area contributed by atoms with Crippen LogP contribution in [0.3, 0.4) is 0 Å². The molecule has 0 bridgehead atoms. The van der Waals surface area contributed by atoms with Gasteiger partial charge in [-0.1, -0.05) is 35.9 Å². The first-order valence-corrected chi connectivity index (χ1v) is 9.96. The number of hydrogen-bond acceptors (Lipinski definition) is 5. The molecule has 154 valence electrons. The zero-order chi connectivity index (χ0) is 20.6. The number of fused-ring (bicyclic) bond motifs is 1. The number of hydroxylamine groups is 1. The molecule has 2 aromatic carbocycles. The average Bonchev–Trinajstić information content (AvgIpc) is 3.14. The number of halogens is 1. The summed E-state index contributed by atoms with van der Waals surface area (Å²) in [5.74, 6) is 0.175. The molecule has 29 heavy (non-hydrogen) atoms. The first kappa shape index (κ1) is 21.3. The highest BCUT2D eigenvalue weighted by Gasteiger charge is 2.27. The smallest absolute Gasteiger partial charge is 0.267 e. The molecular formula is C22H25ClN2O4. The van der Waals surface area contributed by atoms with Crippen LogP contribution < -0.4 is 10.2 Å². The summed E-state index contributed by atoms with van der Waals surface area (Å²) in [6.45, 7) is 1.85. The van der Waals surface area contributed by atoms with Crippen molar-refractivity contribution < 1.29 is 19.8 Å². The van der Waals surface area contributed by atoms with E-state index >= 15 is 0 Å². The summed E-state index contributed by atoms with van der Waals surface area (Å²) in [7, 11) is 0. The molecular weight excluding hydrogens is 392 g/mol. The zero-order valence-corrected chi connectivity index (χ0v) is 16.8. The van der Waals surface area contributed by atoms with Gasteiger partial charge in [0.05, 0.1) is 6.61 Å². The van der Waals surface area contributed by atoms with Gasteiger partial charge in [0, 0.05) is 30.2 Å². The predicted octanol–water partition coefficient (Wildman–Crippen LogP) is 3.22. The monoisotopic (exact) mass is 416 g/mol. The number of aryl methyl sites for hydroxylation is 1. The van der Waals surface area contributed by atoms with Crippen molar-refractivity contribution in [2.45, 2.75) is 18.9 Å². The van der Waals surface area contributed by atoms with Gasteiger partial charge in [0.2, 0.25) is 0 Å². The Kier molecular flexibility index (Phi) is 7.66. The third kappa shape index (κ3) is 5.81. The lowest BCUT2D eigenvalue weighted by Crippen LogP contribution is -2.34. The summed E-state index contributed by atoms with van der Waals surface area (Å²) < 4.78 is 5.82. The maximum Gasteiger partial charge on any atom is 0.267 e. The first-order valence-electron chi connectivity index (χ1n) is 9.59. The average molecular weight is 417 g/mol. The molecule has 7 heteroatoms. The van der Waals surface area contributed by atoms with E-state index in [2.05, 4.69) is 17.0 Å². The van der Waals surface area contributed by atoms with Gasteiger partial charge in [-0.3, -0.25) is 14.9 Å². The number of rotatable bonds is 9. The number of carbonyl (C=O) groups excluding carboxylic acids is 1. The second-order valence-corrected chi connectivity index (χ2v) is 7.32. The molecule has 1 amide bonds. The Morgan fingerprint density at radius 1 is 1.28 bits per heavy atom. The van der Waals surface area contributed by atoms with Gasteiger partial charge < -0.3 is 9.84 Å². The van der Waals surface area contributed by atoms with Crippen LogP contribution in [0.4, 0.5) is 0 Å². The van der Waals surface area contributed by atoms with Gasteiger partial charge in [0.15, 0.2) is 0 Å². The lowest BCUT2D eigenvalue weighted by atomic mass is 10.0. The minimum Gasteiger partial charge on any atom is -0.492 e. The first-order chi connectivity index (χ1) is 14.1. The molecule has 0 radical (unpaired) electrons. The number of amides is 1. The maximum atomic E-state index is 11.2. The van der Waals surface area contributed by atoms with Crippen molar-refractivity contribution in [3.63, 3.8) is 0 Å². The quantitative estimate of drug-likeness (QED) is 0.332. The molecule has 2 aromatic rings. The van der Waals surface area contributed by atoms with Crippen molar-refractivity contribution in [2.75, 3.05) is 26.3 Å². The molecule has 1 atom stereocenters. The fraction of sp³-hybridized carbons (Fsp3) is 0.318. The van der Waals surface area contributed by atoms with Crippen LogP contribution >= 0.6 is 11.6 Å². The minimum absolute atomic E-state index is 0.0834. The van der Waals surface area contributed by atoms with E-state index < -0.39 is 5.91 Å². The van der Waals surface area contributed by atoms with Crippen LogP contribution in [0.25, 0.3) is 6.08 Å². The molecule has 1 unspecified atom stereocenters. The molecule has 0 spiro atoms. The van der Waals surface area contributed by atoms with E-state index in [1.807, 2.05) is 24.3 Å². The predicted molar refractivity (Wildman–Crippen MR) is 112 cm³/mol. The van der Waals surface area contributed by atoms with Gasteiger partial charge in [0.1, 0.15) is 12.4 Å². The van der Waals surface area contributed by atoms with Gasteiger partial charge >= 0.3 is 0 Å². The number of benzene rings is 2. The van der Waals surface area contributed by atoms with Gasteiger partial charge in [0.25, 0.3) is 5.91 Å². The number of aliphatic hydroxyl groups excluding tert-OH is 1. The molecule has 0 saturated carbocycles. The summed E-state index contributed by atoms with van der Waals surface area (Å²) in [5.41, 5.74) is 4.97. The summed E-state index contributed by atoms with van der Waals surface area (Å²) in [6, 6.07) is 13.6. The van der Waals surface area contributed by atoms with Gasteiger partial charge in [-0.25, -0.2) is 5.48 Å². The van der Waals surface area contributed by atoms with E-state index in [0.29, 0.717) is 24.7 Å². The summed E-state index contributed by atoms with van der Waals surface area (Å²) in [6.07, 6.45) is 4.87. The number of nitrogens with zero attached hydrogens (tertiary/aromatic N) is 1. The molecule has 1 aliphatic rings. The second-order valence-electron chi connectivity index (χ2n) is 6.89. The molecule has 0 saturated heterocycles. The third-order valence-corrected chi connectivity index (χ3v) is 5.26. The molecule has 0 heterocycles. The van der Waals surface area contributed by atoms with E-state index in [1.54, 1.807) is 17.6 Å².